The predicted molar refractivity (Wildman–Crippen MR) is 57.1 cm³/mol. The van der Waals surface area contributed by atoms with Crippen molar-refractivity contribution in [2.45, 2.75) is 6.92 Å². The van der Waals surface area contributed by atoms with Crippen molar-refractivity contribution in [2.75, 3.05) is 59.9 Å². The minimum atomic E-state index is 1.19. The number of rotatable bonds is 4. The molecule has 0 bridgehead atoms. The summed E-state index contributed by atoms with van der Waals surface area (Å²) in [5.41, 5.74) is 0. The molecule has 0 amide bonds. The van der Waals surface area contributed by atoms with Gasteiger partial charge in [0.25, 0.3) is 0 Å². The third-order valence-electron chi connectivity index (χ3n) is 2.78. The Balaban J connectivity index is 2.10. The first kappa shape index (κ1) is 11.0. The Kier molecular flexibility index (Phi) is 4.70. The van der Waals surface area contributed by atoms with E-state index in [0.29, 0.717) is 0 Å². The summed E-state index contributed by atoms with van der Waals surface area (Å²) in [6.07, 6.45) is 0. The van der Waals surface area contributed by atoms with Gasteiger partial charge in [-0.05, 0) is 20.6 Å². The van der Waals surface area contributed by atoms with Crippen molar-refractivity contribution in [1.29, 1.82) is 0 Å². The summed E-state index contributed by atoms with van der Waals surface area (Å²) in [6.45, 7) is 10.9. The molecule has 0 spiro atoms. The molecule has 78 valence electrons. The summed E-state index contributed by atoms with van der Waals surface area (Å²) in [7, 11) is 4.28. The highest BCUT2D eigenvalue weighted by Crippen LogP contribution is 2.00. The topological polar surface area (TPSA) is 9.72 Å². The molecular formula is C10H23N3. The first-order valence-electron chi connectivity index (χ1n) is 5.32. The smallest absolute Gasteiger partial charge is 0.0110 e. The van der Waals surface area contributed by atoms with Crippen molar-refractivity contribution in [3.8, 4) is 0 Å². The molecule has 0 aliphatic carbocycles. The molecule has 1 fully saturated rings. The molecular weight excluding hydrogens is 162 g/mol. The lowest BCUT2D eigenvalue weighted by molar-refractivity contribution is 0.130. The second-order valence-electron chi connectivity index (χ2n) is 4.08. The van der Waals surface area contributed by atoms with Crippen LogP contribution in [0.2, 0.25) is 0 Å². The van der Waals surface area contributed by atoms with Crippen LogP contribution in [0.3, 0.4) is 0 Å². The van der Waals surface area contributed by atoms with Crippen LogP contribution in [0.5, 0.6) is 0 Å². The van der Waals surface area contributed by atoms with E-state index in [4.69, 9.17) is 0 Å². The number of likely N-dealkylation sites (N-methyl/N-ethyl adjacent to an activating group) is 2. The van der Waals surface area contributed by atoms with E-state index in [2.05, 4.69) is 35.7 Å². The van der Waals surface area contributed by atoms with Gasteiger partial charge >= 0.3 is 0 Å². The van der Waals surface area contributed by atoms with Crippen molar-refractivity contribution in [2.24, 2.45) is 0 Å². The maximum atomic E-state index is 2.56. The minimum Gasteiger partial charge on any atom is -0.308 e. The Labute approximate surface area is 82.3 Å². The zero-order chi connectivity index (χ0) is 9.68. The van der Waals surface area contributed by atoms with Crippen molar-refractivity contribution in [1.82, 2.24) is 14.7 Å². The fourth-order valence-electron chi connectivity index (χ4n) is 1.67. The van der Waals surface area contributed by atoms with Crippen LogP contribution in [0.25, 0.3) is 0 Å². The van der Waals surface area contributed by atoms with Crippen LogP contribution >= 0.6 is 0 Å². The molecule has 0 atom stereocenters. The summed E-state index contributed by atoms with van der Waals surface area (Å²) in [6, 6.07) is 0. The van der Waals surface area contributed by atoms with Gasteiger partial charge in [-0.3, -0.25) is 4.90 Å². The molecule has 0 saturated carbocycles. The highest BCUT2D eigenvalue weighted by atomic mass is 15.3. The van der Waals surface area contributed by atoms with E-state index in [1.54, 1.807) is 0 Å². The average molecular weight is 185 g/mol. The predicted octanol–water partition coefficient (Wildman–Crippen LogP) is 0.186. The summed E-state index contributed by atoms with van der Waals surface area (Å²) in [5.74, 6) is 0. The Morgan fingerprint density at radius 2 is 1.54 bits per heavy atom. The maximum Gasteiger partial charge on any atom is 0.0110 e. The second kappa shape index (κ2) is 5.58. The molecule has 1 aliphatic rings. The summed E-state index contributed by atoms with van der Waals surface area (Å²) >= 11 is 0. The lowest BCUT2D eigenvalue weighted by atomic mass is 10.3. The largest absolute Gasteiger partial charge is 0.308 e. The Bertz CT molecular complexity index is 128. The third kappa shape index (κ3) is 4.07. The molecule has 0 unspecified atom stereocenters. The van der Waals surface area contributed by atoms with Gasteiger partial charge in [0, 0.05) is 39.3 Å². The molecule has 3 nitrogen and oxygen atoms in total. The molecule has 3 heteroatoms. The SMILES string of the molecule is CCN1CCN(CCN(C)C)CC1. The van der Waals surface area contributed by atoms with Gasteiger partial charge in [0.1, 0.15) is 0 Å². The van der Waals surface area contributed by atoms with Crippen molar-refractivity contribution in [3.05, 3.63) is 0 Å². The summed E-state index contributed by atoms with van der Waals surface area (Å²) < 4.78 is 0. The summed E-state index contributed by atoms with van der Waals surface area (Å²) in [4.78, 5) is 7.34. The highest BCUT2D eigenvalue weighted by Gasteiger charge is 2.14. The molecule has 13 heavy (non-hydrogen) atoms. The van der Waals surface area contributed by atoms with E-state index in [1.165, 1.54) is 45.8 Å². The van der Waals surface area contributed by atoms with E-state index < -0.39 is 0 Å². The Hall–Kier alpha value is -0.120. The van der Waals surface area contributed by atoms with Crippen molar-refractivity contribution in [3.63, 3.8) is 0 Å². The van der Waals surface area contributed by atoms with E-state index in [9.17, 15) is 0 Å². The molecule has 1 aliphatic heterocycles. The van der Waals surface area contributed by atoms with Crippen molar-refractivity contribution < 1.29 is 0 Å². The number of piperazine rings is 1. The molecule has 0 radical (unpaired) electrons. The number of hydrogen-bond donors (Lipinski definition) is 0. The van der Waals surface area contributed by atoms with Gasteiger partial charge in [-0.2, -0.15) is 0 Å². The third-order valence-corrected chi connectivity index (χ3v) is 2.78. The lowest BCUT2D eigenvalue weighted by Crippen LogP contribution is -2.47. The van der Waals surface area contributed by atoms with E-state index in [-0.39, 0.29) is 0 Å². The maximum absolute atomic E-state index is 2.56. The first-order chi connectivity index (χ1) is 6.22. The fourth-order valence-corrected chi connectivity index (χ4v) is 1.67. The molecule has 0 aromatic heterocycles. The van der Waals surface area contributed by atoms with Crippen LogP contribution in [-0.2, 0) is 0 Å². The Morgan fingerprint density at radius 1 is 1.00 bits per heavy atom. The van der Waals surface area contributed by atoms with Gasteiger partial charge in [-0.1, -0.05) is 6.92 Å². The average Bonchev–Trinajstić information content (AvgIpc) is 2.15. The molecule has 0 aromatic rings. The zero-order valence-electron chi connectivity index (χ0n) is 9.29. The van der Waals surface area contributed by atoms with Gasteiger partial charge < -0.3 is 9.80 Å². The van der Waals surface area contributed by atoms with Crippen LogP contribution < -0.4 is 0 Å². The highest BCUT2D eigenvalue weighted by molar-refractivity contribution is 4.71. The lowest BCUT2D eigenvalue weighted by Gasteiger charge is -2.34. The van der Waals surface area contributed by atoms with Crippen molar-refractivity contribution >= 4 is 0 Å². The van der Waals surface area contributed by atoms with E-state index in [0.717, 1.165) is 0 Å². The standard InChI is InChI=1S/C10H23N3/c1-4-12-7-9-13(10-8-12)6-5-11(2)3/h4-10H2,1-3H3. The first-order valence-corrected chi connectivity index (χ1v) is 5.32. The molecule has 1 saturated heterocycles. The fraction of sp³-hybridized carbons (Fsp3) is 1.00. The normalized spacial score (nSPS) is 21.2. The van der Waals surface area contributed by atoms with Crippen LogP contribution in [0, 0.1) is 0 Å². The number of nitrogens with zero attached hydrogens (tertiary/aromatic N) is 3. The van der Waals surface area contributed by atoms with Crippen LogP contribution in [0.15, 0.2) is 0 Å². The van der Waals surface area contributed by atoms with Gasteiger partial charge in [0.2, 0.25) is 0 Å². The zero-order valence-corrected chi connectivity index (χ0v) is 9.29. The number of hydrogen-bond acceptors (Lipinski definition) is 3. The van der Waals surface area contributed by atoms with Gasteiger partial charge in [0.15, 0.2) is 0 Å². The van der Waals surface area contributed by atoms with E-state index >= 15 is 0 Å². The van der Waals surface area contributed by atoms with E-state index in [1.807, 2.05) is 0 Å². The second-order valence-corrected chi connectivity index (χ2v) is 4.08. The molecule has 0 N–H and O–H groups in total. The Morgan fingerprint density at radius 3 is 2.00 bits per heavy atom. The summed E-state index contributed by atoms with van der Waals surface area (Å²) in [5, 5.41) is 0. The molecule has 0 aromatic carbocycles. The monoisotopic (exact) mass is 185 g/mol. The van der Waals surface area contributed by atoms with Crippen LogP contribution in [-0.4, -0.2) is 74.6 Å². The molecule has 1 rings (SSSR count). The van der Waals surface area contributed by atoms with Crippen LogP contribution in [0.4, 0.5) is 0 Å². The van der Waals surface area contributed by atoms with Gasteiger partial charge in [0.05, 0.1) is 0 Å². The molecule has 1 heterocycles. The van der Waals surface area contributed by atoms with Crippen LogP contribution in [0.1, 0.15) is 6.92 Å². The minimum absolute atomic E-state index is 1.19. The van der Waals surface area contributed by atoms with Gasteiger partial charge in [-0.25, -0.2) is 0 Å². The van der Waals surface area contributed by atoms with Gasteiger partial charge in [-0.15, -0.1) is 0 Å². The quantitative estimate of drug-likeness (QED) is 0.619.